The number of aliphatic hydroxyl groups excluding tert-OH is 1. The smallest absolute Gasteiger partial charge is 0.124 e. The van der Waals surface area contributed by atoms with Gasteiger partial charge in [-0.15, -0.1) is 0 Å². The first-order chi connectivity index (χ1) is 10.0. The molecule has 0 fully saturated rings. The van der Waals surface area contributed by atoms with Gasteiger partial charge in [-0.25, -0.2) is 0 Å². The molecular weight excluding hydrogens is 266 g/mol. The Morgan fingerprint density at radius 3 is 2.52 bits per heavy atom. The van der Waals surface area contributed by atoms with Crippen LogP contribution in [-0.2, 0) is 4.74 Å². The van der Waals surface area contributed by atoms with Crippen molar-refractivity contribution in [3.63, 3.8) is 0 Å². The lowest BCUT2D eigenvalue weighted by molar-refractivity contribution is -0.0124. The Balaban J connectivity index is 2.54. The van der Waals surface area contributed by atoms with Crippen LogP contribution in [-0.4, -0.2) is 37.1 Å². The Morgan fingerprint density at radius 2 is 1.86 bits per heavy atom. The van der Waals surface area contributed by atoms with Gasteiger partial charge in [-0.2, -0.15) is 0 Å². The maximum Gasteiger partial charge on any atom is 0.124 e. The molecule has 0 aliphatic rings. The van der Waals surface area contributed by atoms with Crippen LogP contribution >= 0.6 is 0 Å². The van der Waals surface area contributed by atoms with Crippen molar-refractivity contribution in [2.75, 3.05) is 19.8 Å². The van der Waals surface area contributed by atoms with Gasteiger partial charge < -0.3 is 19.9 Å². The first kappa shape index (κ1) is 18.0. The fraction of sp³-hybridized carbons (Fsp3) is 0.647. The molecule has 1 aromatic carbocycles. The van der Waals surface area contributed by atoms with Gasteiger partial charge in [0.2, 0.25) is 0 Å². The molecule has 0 heterocycles. The van der Waals surface area contributed by atoms with Crippen LogP contribution < -0.4 is 10.1 Å². The predicted octanol–water partition coefficient (Wildman–Crippen LogP) is 2.91. The number of hydrogen-bond acceptors (Lipinski definition) is 4. The minimum absolute atomic E-state index is 0.116. The standard InChI is InChI=1S/C17H29NO3/c1-5-10-18-14(4)16-8-6-7-9-17(16)21-12-15(19)11-20-13(2)3/h6-9,13-15,18-19H,5,10-12H2,1-4H3. The van der Waals surface area contributed by atoms with Crippen molar-refractivity contribution >= 4 is 0 Å². The average Bonchev–Trinajstić information content (AvgIpc) is 2.48. The molecule has 0 saturated carbocycles. The van der Waals surface area contributed by atoms with Gasteiger partial charge in [-0.1, -0.05) is 25.1 Å². The highest BCUT2D eigenvalue weighted by Crippen LogP contribution is 2.24. The Morgan fingerprint density at radius 1 is 1.14 bits per heavy atom. The third-order valence-electron chi connectivity index (χ3n) is 3.14. The molecule has 0 spiro atoms. The zero-order valence-corrected chi connectivity index (χ0v) is 13.6. The normalized spacial score (nSPS) is 14.2. The van der Waals surface area contributed by atoms with Crippen molar-refractivity contribution < 1.29 is 14.6 Å². The maximum atomic E-state index is 9.86. The van der Waals surface area contributed by atoms with Crippen molar-refractivity contribution in [3.05, 3.63) is 29.8 Å². The van der Waals surface area contributed by atoms with Gasteiger partial charge in [-0.3, -0.25) is 0 Å². The summed E-state index contributed by atoms with van der Waals surface area (Å²) in [4.78, 5) is 0. The van der Waals surface area contributed by atoms with Crippen LogP contribution in [0.15, 0.2) is 24.3 Å². The van der Waals surface area contributed by atoms with E-state index in [0.717, 1.165) is 24.3 Å². The lowest BCUT2D eigenvalue weighted by Crippen LogP contribution is -2.26. The Kier molecular flexibility index (Phi) is 8.35. The van der Waals surface area contributed by atoms with Crippen LogP contribution in [0.25, 0.3) is 0 Å². The van der Waals surface area contributed by atoms with E-state index in [-0.39, 0.29) is 18.8 Å². The van der Waals surface area contributed by atoms with Gasteiger partial charge in [-0.05, 0) is 39.8 Å². The highest BCUT2D eigenvalue weighted by Gasteiger charge is 2.12. The SMILES string of the molecule is CCCNC(C)c1ccccc1OCC(O)COC(C)C. The van der Waals surface area contributed by atoms with Crippen molar-refractivity contribution in [2.24, 2.45) is 0 Å². The van der Waals surface area contributed by atoms with Gasteiger partial charge in [0.15, 0.2) is 0 Å². The van der Waals surface area contributed by atoms with Gasteiger partial charge in [0, 0.05) is 11.6 Å². The molecule has 0 aromatic heterocycles. The number of nitrogens with one attached hydrogen (secondary N) is 1. The average molecular weight is 295 g/mol. The lowest BCUT2D eigenvalue weighted by atomic mass is 10.1. The molecule has 2 atom stereocenters. The van der Waals surface area contributed by atoms with Crippen LogP contribution in [0.3, 0.4) is 0 Å². The number of rotatable bonds is 10. The van der Waals surface area contributed by atoms with E-state index in [9.17, 15) is 5.11 Å². The van der Waals surface area contributed by atoms with E-state index < -0.39 is 6.10 Å². The molecule has 120 valence electrons. The van der Waals surface area contributed by atoms with Crippen LogP contribution in [0.1, 0.15) is 45.7 Å². The second kappa shape index (κ2) is 9.77. The summed E-state index contributed by atoms with van der Waals surface area (Å²) in [6, 6.07) is 8.17. The summed E-state index contributed by atoms with van der Waals surface area (Å²) in [6.07, 6.45) is 0.600. The van der Waals surface area contributed by atoms with Crippen molar-refractivity contribution in [1.82, 2.24) is 5.32 Å². The molecule has 0 aliphatic carbocycles. The van der Waals surface area contributed by atoms with Gasteiger partial charge in [0.25, 0.3) is 0 Å². The first-order valence-electron chi connectivity index (χ1n) is 7.79. The third-order valence-corrected chi connectivity index (χ3v) is 3.14. The first-order valence-corrected chi connectivity index (χ1v) is 7.79. The topological polar surface area (TPSA) is 50.7 Å². The number of para-hydroxylation sites is 1. The molecule has 1 rings (SSSR count). The quantitative estimate of drug-likeness (QED) is 0.697. The minimum Gasteiger partial charge on any atom is -0.490 e. The zero-order chi connectivity index (χ0) is 15.7. The molecule has 2 unspecified atom stereocenters. The molecule has 0 aliphatic heterocycles. The lowest BCUT2D eigenvalue weighted by Gasteiger charge is -2.20. The number of aliphatic hydroxyl groups is 1. The zero-order valence-electron chi connectivity index (χ0n) is 13.6. The van der Waals surface area contributed by atoms with E-state index in [1.807, 2.05) is 32.0 Å². The fourth-order valence-corrected chi connectivity index (χ4v) is 1.98. The monoisotopic (exact) mass is 295 g/mol. The van der Waals surface area contributed by atoms with Crippen molar-refractivity contribution in [2.45, 2.75) is 52.4 Å². The second-order valence-corrected chi connectivity index (χ2v) is 5.56. The summed E-state index contributed by atoms with van der Waals surface area (Å²) < 4.78 is 11.1. The summed E-state index contributed by atoms with van der Waals surface area (Å²) in [5, 5.41) is 13.3. The Bertz CT molecular complexity index is 395. The van der Waals surface area contributed by atoms with Crippen LogP contribution in [0.2, 0.25) is 0 Å². The molecular formula is C17H29NO3. The summed E-state index contributed by atoms with van der Waals surface area (Å²) >= 11 is 0. The molecule has 21 heavy (non-hydrogen) atoms. The predicted molar refractivity (Wildman–Crippen MR) is 85.7 cm³/mol. The molecule has 1 aromatic rings. The number of ether oxygens (including phenoxy) is 2. The Labute approximate surface area is 128 Å². The van der Waals surface area contributed by atoms with Crippen molar-refractivity contribution in [1.29, 1.82) is 0 Å². The van der Waals surface area contributed by atoms with E-state index in [4.69, 9.17) is 9.47 Å². The molecule has 2 N–H and O–H groups in total. The maximum absolute atomic E-state index is 9.86. The molecule has 0 bridgehead atoms. The highest BCUT2D eigenvalue weighted by molar-refractivity contribution is 5.35. The largest absolute Gasteiger partial charge is 0.490 e. The van der Waals surface area contributed by atoms with Crippen LogP contribution in [0.5, 0.6) is 5.75 Å². The third kappa shape index (κ3) is 6.93. The van der Waals surface area contributed by atoms with Gasteiger partial charge in [0.1, 0.15) is 18.5 Å². The molecule has 0 radical (unpaired) electrons. The molecule has 4 nitrogen and oxygen atoms in total. The summed E-state index contributed by atoms with van der Waals surface area (Å²) in [5.74, 6) is 0.817. The molecule has 0 saturated heterocycles. The fourth-order valence-electron chi connectivity index (χ4n) is 1.98. The van der Waals surface area contributed by atoms with Gasteiger partial charge in [0.05, 0.1) is 12.7 Å². The summed E-state index contributed by atoms with van der Waals surface area (Å²) in [6.45, 7) is 9.67. The van der Waals surface area contributed by atoms with E-state index in [2.05, 4.69) is 25.2 Å². The van der Waals surface area contributed by atoms with Crippen molar-refractivity contribution in [3.8, 4) is 5.75 Å². The van der Waals surface area contributed by atoms with Crippen LogP contribution in [0, 0.1) is 0 Å². The number of benzene rings is 1. The van der Waals surface area contributed by atoms with Crippen LogP contribution in [0.4, 0.5) is 0 Å². The summed E-state index contributed by atoms with van der Waals surface area (Å²) in [7, 11) is 0. The minimum atomic E-state index is -0.612. The number of hydrogen-bond donors (Lipinski definition) is 2. The second-order valence-electron chi connectivity index (χ2n) is 5.56. The van der Waals surface area contributed by atoms with E-state index in [1.165, 1.54) is 0 Å². The van der Waals surface area contributed by atoms with E-state index >= 15 is 0 Å². The molecule has 4 heteroatoms. The Hall–Kier alpha value is -1.10. The van der Waals surface area contributed by atoms with E-state index in [0.29, 0.717) is 6.61 Å². The van der Waals surface area contributed by atoms with E-state index in [1.54, 1.807) is 0 Å². The van der Waals surface area contributed by atoms with Gasteiger partial charge >= 0.3 is 0 Å². The highest BCUT2D eigenvalue weighted by atomic mass is 16.5. The summed E-state index contributed by atoms with van der Waals surface area (Å²) in [5.41, 5.74) is 1.11. The molecule has 0 amide bonds.